The molecular weight excluding hydrogens is 276 g/mol. The van der Waals surface area contributed by atoms with Gasteiger partial charge in [-0.3, -0.25) is 4.57 Å². The molecule has 0 bridgehead atoms. The predicted molar refractivity (Wildman–Crippen MR) is 88.2 cm³/mol. The molecule has 5 heteroatoms. The molecule has 118 valence electrons. The third-order valence-corrected chi connectivity index (χ3v) is 5.23. The van der Waals surface area contributed by atoms with E-state index in [1.54, 1.807) is 0 Å². The number of aromatic nitrogens is 2. The highest BCUT2D eigenvalue weighted by molar-refractivity contribution is 5.75. The SMILES string of the molecule is O=c1[nH]c2ccccc2n1C1CCN(CC2CCNC2)CC1. The molecule has 2 aliphatic heterocycles. The minimum Gasteiger partial charge on any atom is -0.316 e. The largest absolute Gasteiger partial charge is 0.326 e. The Morgan fingerprint density at radius 1 is 1.14 bits per heavy atom. The Morgan fingerprint density at radius 3 is 2.73 bits per heavy atom. The van der Waals surface area contributed by atoms with E-state index < -0.39 is 0 Å². The molecule has 0 spiro atoms. The Balaban J connectivity index is 1.46. The molecular formula is C17H24N4O. The Hall–Kier alpha value is -1.59. The minimum absolute atomic E-state index is 0.0413. The van der Waals surface area contributed by atoms with Crippen LogP contribution in [0.1, 0.15) is 25.3 Å². The van der Waals surface area contributed by atoms with E-state index >= 15 is 0 Å². The molecule has 2 aliphatic rings. The van der Waals surface area contributed by atoms with Crippen LogP contribution in [0.3, 0.4) is 0 Å². The average Bonchev–Trinajstić information content (AvgIpc) is 3.15. The van der Waals surface area contributed by atoms with Gasteiger partial charge in [-0.1, -0.05) is 12.1 Å². The monoisotopic (exact) mass is 300 g/mol. The molecule has 0 saturated carbocycles. The van der Waals surface area contributed by atoms with Gasteiger partial charge in [-0.2, -0.15) is 0 Å². The van der Waals surface area contributed by atoms with E-state index in [2.05, 4.69) is 15.2 Å². The highest BCUT2D eigenvalue weighted by atomic mass is 16.1. The number of hydrogen-bond donors (Lipinski definition) is 2. The number of nitrogens with one attached hydrogen (secondary N) is 2. The lowest BCUT2D eigenvalue weighted by molar-refractivity contribution is 0.166. The van der Waals surface area contributed by atoms with Gasteiger partial charge >= 0.3 is 5.69 Å². The van der Waals surface area contributed by atoms with Crippen LogP contribution in [0.25, 0.3) is 11.0 Å². The van der Waals surface area contributed by atoms with Crippen LogP contribution in [-0.4, -0.2) is 47.2 Å². The van der Waals surface area contributed by atoms with Gasteiger partial charge < -0.3 is 15.2 Å². The zero-order valence-electron chi connectivity index (χ0n) is 12.9. The molecule has 0 amide bonds. The van der Waals surface area contributed by atoms with Crippen molar-refractivity contribution >= 4 is 11.0 Å². The van der Waals surface area contributed by atoms with Crippen LogP contribution >= 0.6 is 0 Å². The van der Waals surface area contributed by atoms with E-state index in [1.807, 2.05) is 28.8 Å². The molecule has 2 N–H and O–H groups in total. The quantitative estimate of drug-likeness (QED) is 0.905. The van der Waals surface area contributed by atoms with Gasteiger partial charge in [0.1, 0.15) is 0 Å². The predicted octanol–water partition coefficient (Wildman–Crippen LogP) is 1.58. The first-order chi connectivity index (χ1) is 10.8. The first-order valence-electron chi connectivity index (χ1n) is 8.43. The molecule has 5 nitrogen and oxygen atoms in total. The van der Waals surface area contributed by atoms with Crippen LogP contribution in [0.2, 0.25) is 0 Å². The Morgan fingerprint density at radius 2 is 1.95 bits per heavy atom. The molecule has 2 saturated heterocycles. The molecule has 0 aliphatic carbocycles. The van der Waals surface area contributed by atoms with Crippen LogP contribution in [0.15, 0.2) is 29.1 Å². The summed E-state index contributed by atoms with van der Waals surface area (Å²) in [5.41, 5.74) is 2.04. The first-order valence-corrected chi connectivity index (χ1v) is 8.43. The summed E-state index contributed by atoms with van der Waals surface area (Å²) in [5.74, 6) is 0.812. The summed E-state index contributed by atoms with van der Waals surface area (Å²) in [4.78, 5) is 17.8. The van der Waals surface area contributed by atoms with Gasteiger partial charge in [-0.05, 0) is 50.4 Å². The van der Waals surface area contributed by atoms with E-state index in [1.165, 1.54) is 26.1 Å². The minimum atomic E-state index is 0.0413. The topological polar surface area (TPSA) is 53.1 Å². The number of H-pyrrole nitrogens is 1. The molecule has 1 unspecified atom stereocenters. The highest BCUT2D eigenvalue weighted by Crippen LogP contribution is 2.25. The maximum Gasteiger partial charge on any atom is 0.326 e. The number of fused-ring (bicyclic) bond motifs is 1. The summed E-state index contributed by atoms with van der Waals surface area (Å²) in [6.07, 6.45) is 3.45. The highest BCUT2D eigenvalue weighted by Gasteiger charge is 2.25. The van der Waals surface area contributed by atoms with Crippen molar-refractivity contribution < 1.29 is 0 Å². The molecule has 1 aromatic carbocycles. The maximum absolute atomic E-state index is 12.3. The maximum atomic E-state index is 12.3. The van der Waals surface area contributed by atoms with Crippen LogP contribution in [-0.2, 0) is 0 Å². The number of rotatable bonds is 3. The van der Waals surface area contributed by atoms with Crippen molar-refractivity contribution in [3.63, 3.8) is 0 Å². The van der Waals surface area contributed by atoms with Crippen molar-refractivity contribution in [2.45, 2.75) is 25.3 Å². The molecule has 2 aromatic rings. The Labute approximate surface area is 130 Å². The van der Waals surface area contributed by atoms with Crippen molar-refractivity contribution in [3.8, 4) is 0 Å². The smallest absolute Gasteiger partial charge is 0.316 e. The van der Waals surface area contributed by atoms with Crippen LogP contribution in [0.4, 0.5) is 0 Å². The summed E-state index contributed by atoms with van der Waals surface area (Å²) in [6, 6.07) is 8.34. The zero-order valence-corrected chi connectivity index (χ0v) is 12.9. The number of benzene rings is 1. The Bertz CT molecular complexity index is 690. The lowest BCUT2D eigenvalue weighted by Gasteiger charge is -2.33. The molecule has 3 heterocycles. The van der Waals surface area contributed by atoms with Crippen molar-refractivity contribution in [1.82, 2.24) is 19.8 Å². The summed E-state index contributed by atoms with van der Waals surface area (Å²) in [7, 11) is 0. The van der Waals surface area contributed by atoms with Gasteiger partial charge in [-0.15, -0.1) is 0 Å². The molecule has 2 fully saturated rings. The van der Waals surface area contributed by atoms with Crippen molar-refractivity contribution in [3.05, 3.63) is 34.7 Å². The van der Waals surface area contributed by atoms with E-state index in [9.17, 15) is 4.79 Å². The van der Waals surface area contributed by atoms with E-state index in [0.29, 0.717) is 6.04 Å². The third kappa shape index (κ3) is 2.59. The summed E-state index contributed by atoms with van der Waals surface area (Å²) in [5, 5.41) is 3.44. The second-order valence-electron chi connectivity index (χ2n) is 6.71. The average molecular weight is 300 g/mol. The van der Waals surface area contributed by atoms with Gasteiger partial charge in [0.15, 0.2) is 0 Å². The number of nitrogens with zero attached hydrogens (tertiary/aromatic N) is 2. The van der Waals surface area contributed by atoms with Crippen LogP contribution in [0, 0.1) is 5.92 Å². The van der Waals surface area contributed by atoms with Gasteiger partial charge in [0.2, 0.25) is 0 Å². The van der Waals surface area contributed by atoms with E-state index in [0.717, 1.165) is 42.9 Å². The van der Waals surface area contributed by atoms with Crippen LogP contribution < -0.4 is 11.0 Å². The summed E-state index contributed by atoms with van der Waals surface area (Å²) < 4.78 is 1.98. The second-order valence-corrected chi connectivity index (χ2v) is 6.71. The third-order valence-electron chi connectivity index (χ3n) is 5.23. The van der Waals surface area contributed by atoms with Gasteiger partial charge in [0, 0.05) is 25.7 Å². The molecule has 0 radical (unpaired) electrons. The van der Waals surface area contributed by atoms with Crippen molar-refractivity contribution in [1.29, 1.82) is 0 Å². The number of para-hydroxylation sites is 2. The van der Waals surface area contributed by atoms with Gasteiger partial charge in [-0.25, -0.2) is 4.79 Å². The number of imidazole rings is 1. The van der Waals surface area contributed by atoms with E-state index in [4.69, 9.17) is 0 Å². The van der Waals surface area contributed by atoms with Gasteiger partial charge in [0.05, 0.1) is 11.0 Å². The Kier molecular flexibility index (Phi) is 3.76. The summed E-state index contributed by atoms with van der Waals surface area (Å²) >= 11 is 0. The summed E-state index contributed by atoms with van der Waals surface area (Å²) in [6.45, 7) is 5.76. The van der Waals surface area contributed by atoms with Gasteiger partial charge in [0.25, 0.3) is 0 Å². The van der Waals surface area contributed by atoms with Crippen molar-refractivity contribution in [2.75, 3.05) is 32.7 Å². The van der Waals surface area contributed by atoms with E-state index in [-0.39, 0.29) is 5.69 Å². The lowest BCUT2D eigenvalue weighted by atomic mass is 10.0. The molecule has 1 aromatic heterocycles. The number of piperidine rings is 1. The fraction of sp³-hybridized carbons (Fsp3) is 0.588. The number of hydrogen-bond acceptors (Lipinski definition) is 3. The molecule has 4 rings (SSSR count). The molecule has 22 heavy (non-hydrogen) atoms. The van der Waals surface area contributed by atoms with Crippen molar-refractivity contribution in [2.24, 2.45) is 5.92 Å². The standard InChI is InChI=1S/C17H24N4O/c22-17-19-15-3-1-2-4-16(15)21(17)14-6-9-20(10-7-14)12-13-5-8-18-11-13/h1-4,13-14,18H,5-12H2,(H,19,22). The second kappa shape index (κ2) is 5.89. The zero-order chi connectivity index (χ0) is 14.9. The number of likely N-dealkylation sites (tertiary alicyclic amines) is 1. The molecule has 1 atom stereocenters. The fourth-order valence-corrected chi connectivity index (χ4v) is 4.03. The van der Waals surface area contributed by atoms with Crippen LogP contribution in [0.5, 0.6) is 0 Å². The lowest BCUT2D eigenvalue weighted by Crippen LogP contribution is -2.39. The first kappa shape index (κ1) is 14.0. The normalized spacial score (nSPS) is 24.3. The number of aromatic amines is 1. The fourth-order valence-electron chi connectivity index (χ4n) is 4.03.